The Hall–Kier alpha value is -2.21. The van der Waals surface area contributed by atoms with Gasteiger partial charge in [-0.25, -0.2) is 0 Å². The Bertz CT molecular complexity index is 769. The van der Waals surface area contributed by atoms with Crippen molar-refractivity contribution in [3.05, 3.63) is 37.9 Å². The van der Waals surface area contributed by atoms with Gasteiger partial charge in [-0.1, -0.05) is 0 Å². The highest BCUT2D eigenvalue weighted by Gasteiger charge is 2.35. The number of anilines is 1. The van der Waals surface area contributed by atoms with E-state index in [0.29, 0.717) is 19.8 Å². The van der Waals surface area contributed by atoms with Crippen LogP contribution >= 0.6 is 23.2 Å². The van der Waals surface area contributed by atoms with Crippen LogP contribution in [0.4, 0.5) is 17.1 Å². The largest absolute Gasteiger partial charge is 0.379 e. The molecule has 1 aliphatic heterocycles. The number of carbonyl (C=O) groups excluding carboxylic acids is 1. The van der Waals surface area contributed by atoms with Crippen LogP contribution in [0.2, 0.25) is 0 Å². The summed E-state index contributed by atoms with van der Waals surface area (Å²) in [5, 5.41) is 26.0. The molecule has 0 spiro atoms. The average Bonchev–Trinajstić information content (AvgIpc) is 2.73. The van der Waals surface area contributed by atoms with Gasteiger partial charge in [-0.2, -0.15) is 0 Å². The van der Waals surface area contributed by atoms with Crippen molar-refractivity contribution in [3.63, 3.8) is 0 Å². The van der Waals surface area contributed by atoms with Crippen LogP contribution in [0.15, 0.2) is 12.1 Å². The van der Waals surface area contributed by atoms with Gasteiger partial charge in [0.25, 0.3) is 11.6 Å². The van der Waals surface area contributed by atoms with Crippen molar-refractivity contribution in [1.82, 2.24) is 10.2 Å². The average molecular weight is 464 g/mol. The third kappa shape index (κ3) is 6.14. The molecular weight excluding hydrogens is 441 g/mol. The number of nitro benzene ring substituents is 2. The van der Waals surface area contributed by atoms with E-state index in [4.69, 9.17) is 27.9 Å². The molecule has 0 unspecified atom stereocenters. The van der Waals surface area contributed by atoms with E-state index in [0.717, 1.165) is 25.2 Å². The zero-order chi connectivity index (χ0) is 22.1. The first-order valence-electron chi connectivity index (χ1n) is 9.31. The Morgan fingerprint density at radius 1 is 1.13 bits per heavy atom. The van der Waals surface area contributed by atoms with Crippen molar-refractivity contribution in [2.75, 3.05) is 69.1 Å². The molecule has 0 aliphatic carbocycles. The van der Waals surface area contributed by atoms with Crippen LogP contribution in [0.1, 0.15) is 10.4 Å². The highest BCUT2D eigenvalue weighted by molar-refractivity contribution is 6.18. The van der Waals surface area contributed by atoms with Crippen LogP contribution in [0.25, 0.3) is 0 Å². The molecule has 1 fully saturated rings. The van der Waals surface area contributed by atoms with Gasteiger partial charge < -0.3 is 15.0 Å². The lowest BCUT2D eigenvalue weighted by Gasteiger charge is -2.26. The van der Waals surface area contributed by atoms with Gasteiger partial charge in [-0.3, -0.25) is 29.9 Å². The number of nitro groups is 2. The van der Waals surface area contributed by atoms with Crippen molar-refractivity contribution < 1.29 is 19.4 Å². The number of halogens is 2. The highest BCUT2D eigenvalue weighted by atomic mass is 35.5. The molecule has 0 bridgehead atoms. The molecule has 0 aromatic heterocycles. The minimum atomic E-state index is -0.783. The van der Waals surface area contributed by atoms with E-state index in [1.54, 1.807) is 0 Å². The fraction of sp³-hybridized carbons (Fsp3) is 0.588. The lowest BCUT2D eigenvalue weighted by Crippen LogP contribution is -2.41. The van der Waals surface area contributed by atoms with Gasteiger partial charge in [-0.15, -0.1) is 23.2 Å². The van der Waals surface area contributed by atoms with Crippen LogP contribution in [0, 0.1) is 20.2 Å². The van der Waals surface area contributed by atoms with Crippen LogP contribution in [-0.2, 0) is 4.74 Å². The topological polar surface area (TPSA) is 131 Å². The van der Waals surface area contributed by atoms with E-state index in [2.05, 4.69) is 10.2 Å². The van der Waals surface area contributed by atoms with E-state index in [-0.39, 0.29) is 42.6 Å². The molecule has 30 heavy (non-hydrogen) atoms. The van der Waals surface area contributed by atoms with Gasteiger partial charge in [0, 0.05) is 57.1 Å². The number of carbonyl (C=O) groups is 1. The highest BCUT2D eigenvalue weighted by Crippen LogP contribution is 2.40. The summed E-state index contributed by atoms with van der Waals surface area (Å²) in [6.45, 7) is 3.73. The first-order chi connectivity index (χ1) is 14.4. The second-order valence-electron chi connectivity index (χ2n) is 6.42. The quantitative estimate of drug-likeness (QED) is 0.298. The summed E-state index contributed by atoms with van der Waals surface area (Å²) in [7, 11) is 0. The summed E-state index contributed by atoms with van der Waals surface area (Å²) in [4.78, 5) is 38.0. The Balaban J connectivity index is 2.33. The Labute approximate surface area is 183 Å². The maximum absolute atomic E-state index is 12.7. The molecular formula is C17H23Cl2N5O6. The summed E-state index contributed by atoms with van der Waals surface area (Å²) < 4.78 is 5.26. The maximum Gasteiger partial charge on any atom is 0.312 e. The molecule has 0 atom stereocenters. The molecule has 1 aromatic rings. The lowest BCUT2D eigenvalue weighted by atomic mass is 10.1. The molecule has 11 nitrogen and oxygen atoms in total. The number of rotatable bonds is 11. The zero-order valence-electron chi connectivity index (χ0n) is 16.2. The molecule has 1 aliphatic rings. The van der Waals surface area contributed by atoms with Gasteiger partial charge >= 0.3 is 5.69 Å². The van der Waals surface area contributed by atoms with Crippen LogP contribution in [0.5, 0.6) is 0 Å². The van der Waals surface area contributed by atoms with Gasteiger partial charge in [-0.05, 0) is 6.07 Å². The summed E-state index contributed by atoms with van der Waals surface area (Å²) in [5.74, 6) is -0.537. The minimum absolute atomic E-state index is 0.0706. The third-order valence-corrected chi connectivity index (χ3v) is 4.93. The van der Waals surface area contributed by atoms with Gasteiger partial charge in [0.2, 0.25) is 0 Å². The summed E-state index contributed by atoms with van der Waals surface area (Å²) >= 11 is 11.5. The van der Waals surface area contributed by atoms with Crippen molar-refractivity contribution in [3.8, 4) is 0 Å². The molecule has 166 valence electrons. The number of benzene rings is 1. The number of nitrogens with one attached hydrogen (secondary N) is 1. The molecule has 1 heterocycles. The van der Waals surface area contributed by atoms with E-state index < -0.39 is 27.1 Å². The second kappa shape index (κ2) is 11.8. The number of ether oxygens (including phenoxy) is 1. The SMILES string of the molecule is O=C(NCCN1CCOCC1)c1ccc([N+](=O)[O-])c(N(CCCl)CCCl)c1[N+](=O)[O-]. The number of hydrogen-bond acceptors (Lipinski definition) is 8. The number of hydrogen-bond donors (Lipinski definition) is 1. The van der Waals surface area contributed by atoms with Crippen LogP contribution in [-0.4, -0.2) is 84.9 Å². The Kier molecular flexibility index (Phi) is 9.50. The van der Waals surface area contributed by atoms with Crippen molar-refractivity contribution in [2.45, 2.75) is 0 Å². The molecule has 1 saturated heterocycles. The molecule has 1 N–H and O–H groups in total. The van der Waals surface area contributed by atoms with Gasteiger partial charge in [0.05, 0.1) is 23.1 Å². The minimum Gasteiger partial charge on any atom is -0.379 e. The second-order valence-corrected chi connectivity index (χ2v) is 7.17. The Morgan fingerprint density at radius 3 is 2.30 bits per heavy atom. The predicted octanol–water partition coefficient (Wildman–Crippen LogP) is 1.85. The number of nitrogens with zero attached hydrogens (tertiary/aromatic N) is 4. The van der Waals surface area contributed by atoms with Crippen molar-refractivity contribution in [1.29, 1.82) is 0 Å². The molecule has 2 rings (SSSR count). The normalized spacial score (nSPS) is 14.3. The molecule has 0 radical (unpaired) electrons. The molecule has 0 saturated carbocycles. The van der Waals surface area contributed by atoms with Crippen molar-refractivity contribution >= 4 is 46.2 Å². The first-order valence-corrected chi connectivity index (χ1v) is 10.4. The lowest BCUT2D eigenvalue weighted by molar-refractivity contribution is -0.392. The number of morpholine rings is 1. The number of amides is 1. The molecule has 13 heteroatoms. The van der Waals surface area contributed by atoms with E-state index >= 15 is 0 Å². The fourth-order valence-corrected chi connectivity index (χ4v) is 3.59. The molecule has 1 aromatic carbocycles. The van der Waals surface area contributed by atoms with E-state index in [9.17, 15) is 25.0 Å². The number of alkyl halides is 2. The monoisotopic (exact) mass is 463 g/mol. The smallest absolute Gasteiger partial charge is 0.312 e. The molecule has 1 amide bonds. The standard InChI is InChI=1S/C17H23Cl2N5O6/c18-3-6-22(7-4-19)16-14(23(26)27)2-1-13(15(16)24(28)29)17(25)20-5-8-21-9-11-30-12-10-21/h1-2H,3-12H2,(H,20,25). The first kappa shape index (κ1) is 24.1. The van der Waals surface area contributed by atoms with Gasteiger partial charge in [0.1, 0.15) is 5.56 Å². The predicted molar refractivity (Wildman–Crippen MR) is 113 cm³/mol. The Morgan fingerprint density at radius 2 is 1.77 bits per heavy atom. The summed E-state index contributed by atoms with van der Waals surface area (Å²) in [5.41, 5.74) is -1.64. The van der Waals surface area contributed by atoms with Crippen LogP contribution in [0.3, 0.4) is 0 Å². The van der Waals surface area contributed by atoms with Crippen molar-refractivity contribution in [2.24, 2.45) is 0 Å². The third-order valence-electron chi connectivity index (χ3n) is 4.60. The van der Waals surface area contributed by atoms with Crippen LogP contribution < -0.4 is 10.2 Å². The van der Waals surface area contributed by atoms with E-state index in [1.807, 2.05) is 0 Å². The summed E-state index contributed by atoms with van der Waals surface area (Å²) in [6.07, 6.45) is 0. The fourth-order valence-electron chi connectivity index (χ4n) is 3.18. The maximum atomic E-state index is 12.7. The van der Waals surface area contributed by atoms with Gasteiger partial charge in [0.15, 0.2) is 5.69 Å². The van der Waals surface area contributed by atoms with E-state index in [1.165, 1.54) is 4.90 Å². The summed E-state index contributed by atoms with van der Waals surface area (Å²) in [6, 6.07) is 2.19. The zero-order valence-corrected chi connectivity index (χ0v) is 17.7.